The smallest absolute Gasteiger partial charge is 0.410 e. The maximum atomic E-state index is 13.0. The topological polar surface area (TPSA) is 97.3 Å². The summed E-state index contributed by atoms with van der Waals surface area (Å²) in [6.07, 6.45) is 3.52. The van der Waals surface area contributed by atoms with Crippen molar-refractivity contribution in [3.05, 3.63) is 46.1 Å². The van der Waals surface area contributed by atoms with Crippen molar-refractivity contribution in [1.82, 2.24) is 28.9 Å². The number of ether oxygens (including phenoxy) is 1. The number of fused-ring (bicyclic) bond motifs is 3. The number of hydrogen-bond donors (Lipinski definition) is 0. The highest BCUT2D eigenvalue weighted by Gasteiger charge is 2.43. The average molecular weight is 508 g/mol. The fraction of sp³-hybridized carbons (Fsp3) is 0.480. The third-order valence-electron chi connectivity index (χ3n) is 6.80. The monoisotopic (exact) mass is 507 g/mol. The SMILES string of the molecule is Cc1cn2nc(-c3cc(=O)n4cc(N5CC6CN(C(=O)OC(C)(C)C)CC6C5)sc4n3)cc(C)c2n1. The Hall–Kier alpha value is -3.47. The van der Waals surface area contributed by atoms with Gasteiger partial charge in [0, 0.05) is 50.3 Å². The molecule has 0 saturated carbocycles. The van der Waals surface area contributed by atoms with Crippen molar-refractivity contribution in [2.24, 2.45) is 11.8 Å². The van der Waals surface area contributed by atoms with E-state index in [1.165, 1.54) is 17.4 Å². The van der Waals surface area contributed by atoms with Crippen LogP contribution in [0.4, 0.5) is 9.80 Å². The second-order valence-electron chi connectivity index (χ2n) is 10.9. The first kappa shape index (κ1) is 23.0. The van der Waals surface area contributed by atoms with E-state index in [4.69, 9.17) is 9.72 Å². The molecule has 2 aliphatic heterocycles. The molecular weight excluding hydrogens is 478 g/mol. The van der Waals surface area contributed by atoms with Crippen LogP contribution in [0.3, 0.4) is 0 Å². The maximum Gasteiger partial charge on any atom is 0.410 e. The van der Waals surface area contributed by atoms with Gasteiger partial charge in [-0.05, 0) is 46.2 Å². The minimum atomic E-state index is -0.491. The van der Waals surface area contributed by atoms with Crippen LogP contribution in [-0.2, 0) is 4.74 Å². The molecule has 0 radical (unpaired) electrons. The zero-order valence-electron chi connectivity index (χ0n) is 21.1. The summed E-state index contributed by atoms with van der Waals surface area (Å²) in [6.45, 7) is 12.7. The normalized spacial score (nSPS) is 20.0. The van der Waals surface area contributed by atoms with Gasteiger partial charge in [0.05, 0.1) is 17.6 Å². The molecule has 1 amide bonds. The number of amides is 1. The fourth-order valence-electron chi connectivity index (χ4n) is 5.19. The molecule has 0 aromatic carbocycles. The van der Waals surface area contributed by atoms with Crippen LogP contribution in [0.2, 0.25) is 0 Å². The highest BCUT2D eigenvalue weighted by molar-refractivity contribution is 7.20. The highest BCUT2D eigenvalue weighted by atomic mass is 32.1. The fourth-order valence-corrected chi connectivity index (χ4v) is 6.20. The Labute approximate surface area is 212 Å². The molecule has 2 atom stereocenters. The molecule has 4 aromatic heterocycles. The summed E-state index contributed by atoms with van der Waals surface area (Å²) in [5.41, 5.74) is 3.24. The number of carbonyl (C=O) groups is 1. The number of aromatic nitrogens is 5. The second kappa shape index (κ2) is 8.02. The van der Waals surface area contributed by atoms with Gasteiger partial charge in [0.15, 0.2) is 10.6 Å². The molecule has 10 nitrogen and oxygen atoms in total. The van der Waals surface area contributed by atoms with Crippen molar-refractivity contribution >= 4 is 33.0 Å². The molecule has 2 aliphatic rings. The van der Waals surface area contributed by atoms with Crippen molar-refractivity contribution in [3.63, 3.8) is 0 Å². The van der Waals surface area contributed by atoms with E-state index in [9.17, 15) is 9.59 Å². The zero-order chi connectivity index (χ0) is 25.4. The van der Waals surface area contributed by atoms with Crippen molar-refractivity contribution in [3.8, 4) is 11.4 Å². The van der Waals surface area contributed by atoms with E-state index in [2.05, 4.69) is 15.0 Å². The van der Waals surface area contributed by atoms with Crippen molar-refractivity contribution in [2.45, 2.75) is 40.2 Å². The molecule has 11 heteroatoms. The minimum absolute atomic E-state index is 0.130. The van der Waals surface area contributed by atoms with Crippen LogP contribution in [0, 0.1) is 25.7 Å². The number of imidazole rings is 1. The van der Waals surface area contributed by atoms with Crippen LogP contribution in [0.15, 0.2) is 29.3 Å². The summed E-state index contributed by atoms with van der Waals surface area (Å²) in [5.74, 6) is 0.779. The Morgan fingerprint density at radius 2 is 1.75 bits per heavy atom. The number of nitrogens with zero attached hydrogens (tertiary/aromatic N) is 7. The number of hydrogen-bond acceptors (Lipinski definition) is 8. The van der Waals surface area contributed by atoms with Crippen LogP contribution < -0.4 is 10.5 Å². The molecule has 6 rings (SSSR count). The summed E-state index contributed by atoms with van der Waals surface area (Å²) in [5, 5.41) is 5.65. The number of likely N-dealkylation sites (tertiary alicyclic amines) is 1. The summed E-state index contributed by atoms with van der Waals surface area (Å²) >= 11 is 1.51. The first-order valence-corrected chi connectivity index (χ1v) is 13.0. The molecule has 0 spiro atoms. The Morgan fingerprint density at radius 3 is 2.44 bits per heavy atom. The Balaban J connectivity index is 1.23. The van der Waals surface area contributed by atoms with Gasteiger partial charge in [-0.1, -0.05) is 11.3 Å². The van der Waals surface area contributed by atoms with Gasteiger partial charge < -0.3 is 14.5 Å². The number of aryl methyl sites for hydroxylation is 2. The van der Waals surface area contributed by atoms with E-state index in [1.807, 2.05) is 58.0 Å². The van der Waals surface area contributed by atoms with Crippen LogP contribution in [0.5, 0.6) is 0 Å². The van der Waals surface area contributed by atoms with E-state index >= 15 is 0 Å². The van der Waals surface area contributed by atoms with Gasteiger partial charge in [-0.25, -0.2) is 19.3 Å². The number of rotatable bonds is 2. The maximum absolute atomic E-state index is 13.0. The quantitative estimate of drug-likeness (QED) is 0.410. The highest BCUT2D eigenvalue weighted by Crippen LogP contribution is 2.37. The van der Waals surface area contributed by atoms with Crippen molar-refractivity contribution in [2.75, 3.05) is 31.1 Å². The predicted octanol–water partition coefficient (Wildman–Crippen LogP) is 3.39. The molecule has 36 heavy (non-hydrogen) atoms. The lowest BCUT2D eigenvalue weighted by atomic mass is 10.0. The van der Waals surface area contributed by atoms with E-state index in [0.29, 0.717) is 41.3 Å². The van der Waals surface area contributed by atoms with Gasteiger partial charge in [-0.3, -0.25) is 9.20 Å². The summed E-state index contributed by atoms with van der Waals surface area (Å²) in [4.78, 5) is 39.5. The van der Waals surface area contributed by atoms with E-state index < -0.39 is 5.60 Å². The first-order chi connectivity index (χ1) is 17.0. The van der Waals surface area contributed by atoms with Gasteiger partial charge in [-0.2, -0.15) is 5.10 Å². The van der Waals surface area contributed by atoms with Gasteiger partial charge >= 0.3 is 6.09 Å². The van der Waals surface area contributed by atoms with Gasteiger partial charge in [0.25, 0.3) is 5.56 Å². The van der Waals surface area contributed by atoms with Crippen molar-refractivity contribution < 1.29 is 9.53 Å². The molecule has 0 bridgehead atoms. The van der Waals surface area contributed by atoms with E-state index in [0.717, 1.165) is 35.0 Å². The molecule has 2 saturated heterocycles. The molecule has 6 heterocycles. The average Bonchev–Trinajstić information content (AvgIpc) is 3.52. The van der Waals surface area contributed by atoms with Crippen molar-refractivity contribution in [1.29, 1.82) is 0 Å². The molecule has 4 aromatic rings. The van der Waals surface area contributed by atoms with E-state index in [-0.39, 0.29) is 11.7 Å². The number of thiazole rings is 1. The van der Waals surface area contributed by atoms with Crippen LogP contribution in [-0.4, -0.2) is 66.8 Å². The molecule has 0 aliphatic carbocycles. The van der Waals surface area contributed by atoms with Gasteiger partial charge in [0.2, 0.25) is 0 Å². The largest absolute Gasteiger partial charge is 0.444 e. The van der Waals surface area contributed by atoms with E-state index in [1.54, 1.807) is 8.92 Å². The lowest BCUT2D eigenvalue weighted by Crippen LogP contribution is -2.37. The van der Waals surface area contributed by atoms with Crippen LogP contribution in [0.25, 0.3) is 22.0 Å². The van der Waals surface area contributed by atoms with Gasteiger partial charge in [-0.15, -0.1) is 0 Å². The number of anilines is 1. The molecular formula is C25H29N7O3S. The summed E-state index contributed by atoms with van der Waals surface area (Å²) < 4.78 is 8.90. The summed E-state index contributed by atoms with van der Waals surface area (Å²) in [7, 11) is 0. The lowest BCUT2D eigenvalue weighted by molar-refractivity contribution is 0.0282. The Kier molecular flexibility index (Phi) is 5.12. The Bertz CT molecular complexity index is 1550. The lowest BCUT2D eigenvalue weighted by Gasteiger charge is -2.26. The summed E-state index contributed by atoms with van der Waals surface area (Å²) in [6, 6.07) is 3.46. The molecule has 2 unspecified atom stereocenters. The predicted molar refractivity (Wildman–Crippen MR) is 138 cm³/mol. The zero-order valence-corrected chi connectivity index (χ0v) is 21.9. The third kappa shape index (κ3) is 4.01. The molecule has 0 N–H and O–H groups in total. The molecule has 2 fully saturated rings. The molecule has 188 valence electrons. The van der Waals surface area contributed by atoms with Crippen LogP contribution >= 0.6 is 11.3 Å². The Morgan fingerprint density at radius 1 is 1.03 bits per heavy atom. The second-order valence-corrected chi connectivity index (χ2v) is 11.9. The standard InChI is InChI=1S/C25H29N7O3S/c1-14-6-19(28-32-8-15(2)26-22(14)32)18-7-20(33)31-13-21(36-23(31)27-18)29-9-16-11-30(12-17(16)10-29)24(34)35-25(3,4)5/h6-8,13,16-17H,9-12H2,1-5H3. The van der Waals surface area contributed by atoms with Gasteiger partial charge in [0.1, 0.15) is 16.3 Å². The van der Waals surface area contributed by atoms with Crippen LogP contribution in [0.1, 0.15) is 32.0 Å². The third-order valence-corrected chi connectivity index (χ3v) is 7.84. The minimum Gasteiger partial charge on any atom is -0.444 e. The number of carbonyl (C=O) groups excluding carboxylic acids is 1. The first-order valence-electron chi connectivity index (χ1n) is 12.1.